The maximum atomic E-state index is 12.3. The molecular formula is C16H21NO5. The van der Waals surface area contributed by atoms with Crippen LogP contribution in [0.5, 0.6) is 0 Å². The smallest absolute Gasteiger partial charge is 0.311 e. The van der Waals surface area contributed by atoms with Crippen molar-refractivity contribution >= 4 is 11.9 Å². The van der Waals surface area contributed by atoms with Gasteiger partial charge in [0.05, 0.1) is 5.41 Å². The van der Waals surface area contributed by atoms with E-state index in [1.54, 1.807) is 12.1 Å². The minimum Gasteiger partial charge on any atom is -0.481 e. The molecule has 1 fully saturated rings. The summed E-state index contributed by atoms with van der Waals surface area (Å²) >= 11 is 0. The Morgan fingerprint density at radius 3 is 2.50 bits per heavy atom. The number of hydrogen-bond donors (Lipinski definition) is 2. The third-order valence-electron chi connectivity index (χ3n) is 4.08. The highest BCUT2D eigenvalue weighted by molar-refractivity contribution is 5.83. The Bertz CT molecular complexity index is 511. The van der Waals surface area contributed by atoms with Gasteiger partial charge in [-0.15, -0.1) is 0 Å². The summed E-state index contributed by atoms with van der Waals surface area (Å²) in [6.07, 6.45) is 0.0453. The number of carboxylic acids is 1. The van der Waals surface area contributed by atoms with Gasteiger partial charge in [-0.05, 0) is 18.4 Å². The number of amides is 1. The maximum absolute atomic E-state index is 12.3. The predicted molar refractivity (Wildman–Crippen MR) is 79.3 cm³/mol. The van der Waals surface area contributed by atoms with E-state index in [-0.39, 0.29) is 12.5 Å². The van der Waals surface area contributed by atoms with Gasteiger partial charge in [-0.25, -0.2) is 0 Å². The second kappa shape index (κ2) is 7.38. The molecule has 0 saturated carbocycles. The first kappa shape index (κ1) is 16.5. The SMILES string of the molecule is COC(C(=O)NCC1(C(=O)O)CCOCC1)c1ccccc1. The van der Waals surface area contributed by atoms with Gasteiger partial charge in [-0.3, -0.25) is 9.59 Å². The van der Waals surface area contributed by atoms with Gasteiger partial charge in [-0.1, -0.05) is 30.3 Å². The first-order valence-electron chi connectivity index (χ1n) is 7.26. The molecule has 2 rings (SSSR count). The van der Waals surface area contributed by atoms with Crippen molar-refractivity contribution in [2.45, 2.75) is 18.9 Å². The molecule has 2 N–H and O–H groups in total. The van der Waals surface area contributed by atoms with E-state index in [1.807, 2.05) is 18.2 Å². The second-order valence-electron chi connectivity index (χ2n) is 5.44. The van der Waals surface area contributed by atoms with Gasteiger partial charge in [0.2, 0.25) is 0 Å². The minimum atomic E-state index is -0.955. The Morgan fingerprint density at radius 2 is 1.95 bits per heavy atom. The quantitative estimate of drug-likeness (QED) is 0.829. The lowest BCUT2D eigenvalue weighted by molar-refractivity contribution is -0.155. The van der Waals surface area contributed by atoms with Gasteiger partial charge in [0.1, 0.15) is 0 Å². The monoisotopic (exact) mass is 307 g/mol. The van der Waals surface area contributed by atoms with E-state index in [9.17, 15) is 14.7 Å². The highest BCUT2D eigenvalue weighted by Gasteiger charge is 2.40. The largest absolute Gasteiger partial charge is 0.481 e. The maximum Gasteiger partial charge on any atom is 0.311 e. The van der Waals surface area contributed by atoms with Crippen molar-refractivity contribution in [3.8, 4) is 0 Å². The molecule has 120 valence electrons. The number of carbonyl (C=O) groups excluding carboxylic acids is 1. The minimum absolute atomic E-state index is 0.0806. The summed E-state index contributed by atoms with van der Waals surface area (Å²) in [4.78, 5) is 23.9. The van der Waals surface area contributed by atoms with Crippen LogP contribution < -0.4 is 5.32 Å². The van der Waals surface area contributed by atoms with Crippen LogP contribution in [0.3, 0.4) is 0 Å². The molecule has 1 atom stereocenters. The van der Waals surface area contributed by atoms with Crippen molar-refractivity contribution < 1.29 is 24.2 Å². The molecule has 0 radical (unpaired) electrons. The summed E-state index contributed by atoms with van der Waals surface area (Å²) in [5, 5.41) is 12.2. The van der Waals surface area contributed by atoms with Gasteiger partial charge in [0, 0.05) is 26.9 Å². The lowest BCUT2D eigenvalue weighted by Crippen LogP contribution is -2.47. The standard InChI is InChI=1S/C16H21NO5/c1-21-13(12-5-3-2-4-6-12)14(18)17-11-16(15(19)20)7-9-22-10-8-16/h2-6,13H,7-11H2,1H3,(H,17,18)(H,19,20). The zero-order chi connectivity index (χ0) is 16.0. The van der Waals surface area contributed by atoms with Crippen LogP contribution in [0.4, 0.5) is 0 Å². The summed E-state index contributed by atoms with van der Waals surface area (Å²) in [6, 6.07) is 9.11. The molecule has 6 heteroatoms. The van der Waals surface area contributed by atoms with E-state index in [0.29, 0.717) is 26.1 Å². The molecule has 1 amide bonds. The number of ether oxygens (including phenoxy) is 2. The van der Waals surface area contributed by atoms with Crippen LogP contribution in [0.2, 0.25) is 0 Å². The number of methoxy groups -OCH3 is 1. The summed E-state index contributed by atoms with van der Waals surface area (Å²) in [7, 11) is 1.46. The number of aliphatic carboxylic acids is 1. The van der Waals surface area contributed by atoms with E-state index in [4.69, 9.17) is 9.47 Å². The van der Waals surface area contributed by atoms with Gasteiger partial charge in [0.15, 0.2) is 6.10 Å². The van der Waals surface area contributed by atoms with Crippen molar-refractivity contribution in [2.24, 2.45) is 5.41 Å². The molecule has 1 aromatic rings. The molecule has 0 spiro atoms. The number of benzene rings is 1. The average Bonchev–Trinajstić information content (AvgIpc) is 2.55. The first-order chi connectivity index (χ1) is 10.6. The van der Waals surface area contributed by atoms with Crippen LogP contribution in [0.25, 0.3) is 0 Å². The number of hydrogen-bond acceptors (Lipinski definition) is 4. The molecule has 0 bridgehead atoms. The van der Waals surface area contributed by atoms with Gasteiger partial charge < -0.3 is 19.9 Å². The van der Waals surface area contributed by atoms with E-state index in [2.05, 4.69) is 5.32 Å². The molecule has 1 saturated heterocycles. The van der Waals surface area contributed by atoms with Crippen LogP contribution in [0.1, 0.15) is 24.5 Å². The molecule has 22 heavy (non-hydrogen) atoms. The fraction of sp³-hybridized carbons (Fsp3) is 0.500. The molecule has 0 aliphatic carbocycles. The third-order valence-corrected chi connectivity index (χ3v) is 4.08. The molecule has 1 heterocycles. The van der Waals surface area contributed by atoms with Crippen LogP contribution in [-0.4, -0.2) is 43.9 Å². The molecule has 6 nitrogen and oxygen atoms in total. The van der Waals surface area contributed by atoms with Crippen LogP contribution in [0, 0.1) is 5.41 Å². The van der Waals surface area contributed by atoms with E-state index < -0.39 is 17.5 Å². The molecule has 1 aliphatic rings. The van der Waals surface area contributed by atoms with Gasteiger partial charge >= 0.3 is 5.97 Å². The average molecular weight is 307 g/mol. The zero-order valence-corrected chi connectivity index (χ0v) is 12.6. The molecule has 0 aromatic heterocycles. The van der Waals surface area contributed by atoms with Crippen molar-refractivity contribution in [3.63, 3.8) is 0 Å². The normalized spacial score (nSPS) is 18.4. The molecule has 1 unspecified atom stereocenters. The first-order valence-corrected chi connectivity index (χ1v) is 7.26. The summed E-state index contributed by atoms with van der Waals surface area (Å²) in [6.45, 7) is 0.875. The Morgan fingerprint density at radius 1 is 1.32 bits per heavy atom. The van der Waals surface area contributed by atoms with E-state index in [0.717, 1.165) is 5.56 Å². The third kappa shape index (κ3) is 3.64. The lowest BCUT2D eigenvalue weighted by atomic mass is 9.80. The van der Waals surface area contributed by atoms with E-state index >= 15 is 0 Å². The van der Waals surface area contributed by atoms with Crippen molar-refractivity contribution in [2.75, 3.05) is 26.9 Å². The van der Waals surface area contributed by atoms with Gasteiger partial charge in [-0.2, -0.15) is 0 Å². The fourth-order valence-electron chi connectivity index (χ4n) is 2.60. The Balaban J connectivity index is 2.02. The molecular weight excluding hydrogens is 286 g/mol. The molecule has 1 aromatic carbocycles. The van der Waals surface area contributed by atoms with Crippen LogP contribution >= 0.6 is 0 Å². The zero-order valence-electron chi connectivity index (χ0n) is 12.6. The summed E-state index contributed by atoms with van der Waals surface area (Å²) in [5.41, 5.74) is -0.220. The van der Waals surface area contributed by atoms with Crippen molar-refractivity contribution in [1.29, 1.82) is 0 Å². The Hall–Kier alpha value is -1.92. The second-order valence-corrected chi connectivity index (χ2v) is 5.44. The summed E-state index contributed by atoms with van der Waals surface area (Å²) < 4.78 is 10.5. The highest BCUT2D eigenvalue weighted by Crippen LogP contribution is 2.30. The number of carbonyl (C=O) groups is 2. The topological polar surface area (TPSA) is 84.9 Å². The summed E-state index contributed by atoms with van der Waals surface area (Å²) in [5.74, 6) is -1.23. The number of rotatable bonds is 6. The van der Waals surface area contributed by atoms with Gasteiger partial charge in [0.25, 0.3) is 5.91 Å². The van der Waals surface area contributed by atoms with Crippen LogP contribution in [0.15, 0.2) is 30.3 Å². The number of nitrogens with one attached hydrogen (secondary N) is 1. The Kier molecular flexibility index (Phi) is 5.51. The number of carboxylic acid groups (broad SMARTS) is 1. The highest BCUT2D eigenvalue weighted by atomic mass is 16.5. The lowest BCUT2D eigenvalue weighted by Gasteiger charge is -2.33. The van der Waals surface area contributed by atoms with Crippen LogP contribution in [-0.2, 0) is 19.1 Å². The Labute approximate surface area is 129 Å². The molecule has 1 aliphatic heterocycles. The van der Waals surface area contributed by atoms with E-state index in [1.165, 1.54) is 7.11 Å². The van der Waals surface area contributed by atoms with Crippen molar-refractivity contribution in [1.82, 2.24) is 5.32 Å². The predicted octanol–water partition coefficient (Wildman–Crippen LogP) is 1.37. The fourth-order valence-corrected chi connectivity index (χ4v) is 2.60. The van der Waals surface area contributed by atoms with Crippen molar-refractivity contribution in [3.05, 3.63) is 35.9 Å².